The van der Waals surface area contributed by atoms with E-state index in [1.165, 1.54) is 43.2 Å². The van der Waals surface area contributed by atoms with Crippen LogP contribution in [0, 0.1) is 17.3 Å². The van der Waals surface area contributed by atoms with E-state index in [0.717, 1.165) is 12.3 Å². The third-order valence-electron chi connectivity index (χ3n) is 7.67. The molecule has 0 aliphatic heterocycles. The van der Waals surface area contributed by atoms with Gasteiger partial charge in [0.1, 0.15) is 0 Å². The van der Waals surface area contributed by atoms with Crippen molar-refractivity contribution in [3.63, 3.8) is 0 Å². The maximum Gasteiger partial charge on any atom is 0.0596 e. The molecular weight excluding hydrogens is 306 g/mol. The lowest BCUT2D eigenvalue weighted by Gasteiger charge is -2.50. The van der Waals surface area contributed by atoms with Gasteiger partial charge in [0, 0.05) is 12.4 Å². The van der Waals surface area contributed by atoms with Gasteiger partial charge in [0.05, 0.1) is 6.10 Å². The molecule has 1 aromatic carbocycles. The van der Waals surface area contributed by atoms with Crippen LogP contribution < -0.4 is 0 Å². The average molecular weight is 333 g/mol. The SMILES string of the molecule is C[C@]12CC[C@@H]3c4ccc(-c5cccnc5)cc4CC[C@H]3[C@@H]1CC[C@@H]2O. The minimum absolute atomic E-state index is 0.0761. The summed E-state index contributed by atoms with van der Waals surface area (Å²) in [7, 11) is 0. The Labute approximate surface area is 150 Å². The molecule has 0 unspecified atom stereocenters. The summed E-state index contributed by atoms with van der Waals surface area (Å²) in [4.78, 5) is 4.27. The van der Waals surface area contributed by atoms with E-state index in [1.807, 2.05) is 18.5 Å². The van der Waals surface area contributed by atoms with E-state index in [1.54, 1.807) is 11.1 Å². The third-order valence-corrected chi connectivity index (χ3v) is 7.67. The molecule has 0 saturated heterocycles. The van der Waals surface area contributed by atoms with Crippen LogP contribution in [0.2, 0.25) is 0 Å². The van der Waals surface area contributed by atoms with Crippen molar-refractivity contribution >= 4 is 0 Å². The number of rotatable bonds is 1. The smallest absolute Gasteiger partial charge is 0.0596 e. The summed E-state index contributed by atoms with van der Waals surface area (Å²) >= 11 is 0. The standard InChI is InChI=1S/C23H27NO/c1-23-11-10-19-18-6-4-15(17-3-2-12-24-14-17)13-16(18)5-7-20(19)21(23)8-9-22(23)25/h2-4,6,12-14,19-22,25H,5,7-11H2,1H3/t19-,20-,21+,22+,23+/m1/s1. The summed E-state index contributed by atoms with van der Waals surface area (Å²) in [5.41, 5.74) is 5.82. The Morgan fingerprint density at radius 2 is 2.00 bits per heavy atom. The monoisotopic (exact) mass is 333 g/mol. The Kier molecular flexibility index (Phi) is 3.53. The van der Waals surface area contributed by atoms with Crippen molar-refractivity contribution in [2.45, 2.75) is 57.5 Å². The normalized spacial score (nSPS) is 36.4. The molecule has 25 heavy (non-hydrogen) atoms. The molecule has 3 aliphatic carbocycles. The fourth-order valence-corrected chi connectivity index (χ4v) is 6.27. The fourth-order valence-electron chi connectivity index (χ4n) is 6.27. The van der Waals surface area contributed by atoms with Crippen LogP contribution in [-0.4, -0.2) is 16.2 Å². The van der Waals surface area contributed by atoms with Crippen LogP contribution >= 0.6 is 0 Å². The van der Waals surface area contributed by atoms with Crippen molar-refractivity contribution in [3.05, 3.63) is 53.9 Å². The summed E-state index contributed by atoms with van der Waals surface area (Å²) in [6.07, 6.45) is 10.9. The van der Waals surface area contributed by atoms with E-state index < -0.39 is 0 Å². The van der Waals surface area contributed by atoms with E-state index >= 15 is 0 Å². The number of aryl methyl sites for hydroxylation is 1. The highest BCUT2D eigenvalue weighted by Gasteiger charge is 2.54. The van der Waals surface area contributed by atoms with Crippen LogP contribution in [0.1, 0.15) is 56.1 Å². The molecule has 3 aliphatic rings. The average Bonchev–Trinajstić information content (AvgIpc) is 2.97. The molecule has 0 bridgehead atoms. The molecule has 2 saturated carbocycles. The van der Waals surface area contributed by atoms with Crippen molar-refractivity contribution in [3.8, 4) is 11.1 Å². The molecule has 1 aromatic heterocycles. The van der Waals surface area contributed by atoms with E-state index in [4.69, 9.17) is 0 Å². The highest BCUT2D eigenvalue weighted by molar-refractivity contribution is 5.64. The van der Waals surface area contributed by atoms with E-state index in [9.17, 15) is 5.11 Å². The fraction of sp³-hybridized carbons (Fsp3) is 0.522. The zero-order valence-corrected chi connectivity index (χ0v) is 15.0. The number of hydrogen-bond acceptors (Lipinski definition) is 2. The Balaban J connectivity index is 1.49. The van der Waals surface area contributed by atoms with Gasteiger partial charge in [-0.1, -0.05) is 31.2 Å². The Hall–Kier alpha value is -1.67. The first-order valence-corrected chi connectivity index (χ1v) is 9.88. The number of aromatic nitrogens is 1. The first-order valence-electron chi connectivity index (χ1n) is 9.88. The van der Waals surface area contributed by atoms with Crippen LogP contribution in [-0.2, 0) is 6.42 Å². The zero-order chi connectivity index (χ0) is 17.0. The molecule has 1 N–H and O–H groups in total. The topological polar surface area (TPSA) is 33.1 Å². The van der Waals surface area contributed by atoms with Gasteiger partial charge in [-0.15, -0.1) is 0 Å². The van der Waals surface area contributed by atoms with Crippen molar-refractivity contribution in [1.82, 2.24) is 4.98 Å². The lowest BCUT2D eigenvalue weighted by molar-refractivity contribution is -0.0226. The largest absolute Gasteiger partial charge is 0.393 e. The summed E-state index contributed by atoms with van der Waals surface area (Å²) in [5, 5.41) is 10.5. The summed E-state index contributed by atoms with van der Waals surface area (Å²) in [5.74, 6) is 2.19. The molecule has 2 aromatic rings. The van der Waals surface area contributed by atoms with Gasteiger partial charge in [-0.25, -0.2) is 0 Å². The third kappa shape index (κ3) is 2.30. The quantitative estimate of drug-likeness (QED) is 0.799. The second kappa shape index (κ2) is 5.67. The molecule has 130 valence electrons. The van der Waals surface area contributed by atoms with Crippen LogP contribution in [0.3, 0.4) is 0 Å². The second-order valence-corrected chi connectivity index (χ2v) is 8.71. The van der Waals surface area contributed by atoms with Gasteiger partial charge in [-0.3, -0.25) is 4.98 Å². The van der Waals surface area contributed by atoms with Crippen LogP contribution in [0.15, 0.2) is 42.7 Å². The number of aliphatic hydroxyl groups excluding tert-OH is 1. The number of aliphatic hydroxyl groups is 1. The predicted octanol–water partition coefficient (Wildman–Crippen LogP) is 4.97. The van der Waals surface area contributed by atoms with Gasteiger partial charge in [-0.05, 0) is 90.0 Å². The molecule has 2 nitrogen and oxygen atoms in total. The molecule has 5 rings (SSSR count). The Bertz CT molecular complexity index is 786. The first-order chi connectivity index (χ1) is 12.2. The second-order valence-electron chi connectivity index (χ2n) is 8.71. The molecular formula is C23H27NO. The van der Waals surface area contributed by atoms with Crippen molar-refractivity contribution in [1.29, 1.82) is 0 Å². The van der Waals surface area contributed by atoms with Crippen LogP contribution in [0.4, 0.5) is 0 Å². The highest BCUT2D eigenvalue weighted by Crippen LogP contribution is 2.60. The van der Waals surface area contributed by atoms with Gasteiger partial charge < -0.3 is 5.11 Å². The molecule has 1 heterocycles. The van der Waals surface area contributed by atoms with Gasteiger partial charge >= 0.3 is 0 Å². The minimum Gasteiger partial charge on any atom is -0.393 e. The number of benzene rings is 1. The van der Waals surface area contributed by atoms with E-state index in [0.29, 0.717) is 11.8 Å². The number of hydrogen-bond donors (Lipinski definition) is 1. The van der Waals surface area contributed by atoms with Crippen LogP contribution in [0.25, 0.3) is 11.1 Å². The van der Waals surface area contributed by atoms with Crippen molar-refractivity contribution in [2.75, 3.05) is 0 Å². The van der Waals surface area contributed by atoms with Gasteiger partial charge in [0.15, 0.2) is 0 Å². The lowest BCUT2D eigenvalue weighted by atomic mass is 9.55. The maximum absolute atomic E-state index is 10.5. The minimum atomic E-state index is -0.0761. The Morgan fingerprint density at radius 1 is 1.08 bits per heavy atom. The van der Waals surface area contributed by atoms with Gasteiger partial charge in [0.2, 0.25) is 0 Å². The number of nitrogens with zero attached hydrogens (tertiary/aromatic N) is 1. The summed E-state index contributed by atoms with van der Waals surface area (Å²) < 4.78 is 0. The molecule has 0 amide bonds. The highest BCUT2D eigenvalue weighted by atomic mass is 16.3. The van der Waals surface area contributed by atoms with Crippen molar-refractivity contribution in [2.24, 2.45) is 17.3 Å². The van der Waals surface area contributed by atoms with Crippen molar-refractivity contribution < 1.29 is 5.11 Å². The van der Waals surface area contributed by atoms with Gasteiger partial charge in [-0.2, -0.15) is 0 Å². The first kappa shape index (κ1) is 15.6. The van der Waals surface area contributed by atoms with E-state index in [-0.39, 0.29) is 11.5 Å². The molecule has 5 atom stereocenters. The maximum atomic E-state index is 10.5. The molecule has 2 fully saturated rings. The number of fused-ring (bicyclic) bond motifs is 5. The summed E-state index contributed by atoms with van der Waals surface area (Å²) in [6, 6.07) is 11.2. The van der Waals surface area contributed by atoms with E-state index in [2.05, 4.69) is 36.2 Å². The summed E-state index contributed by atoms with van der Waals surface area (Å²) in [6.45, 7) is 2.35. The lowest BCUT2D eigenvalue weighted by Crippen LogP contribution is -2.43. The zero-order valence-electron chi connectivity index (χ0n) is 15.0. The molecule has 2 heteroatoms. The molecule has 0 radical (unpaired) electrons. The predicted molar refractivity (Wildman–Crippen MR) is 100 cm³/mol. The Morgan fingerprint density at radius 3 is 2.84 bits per heavy atom. The number of pyridine rings is 1. The van der Waals surface area contributed by atoms with Crippen LogP contribution in [0.5, 0.6) is 0 Å². The molecule has 0 spiro atoms. The van der Waals surface area contributed by atoms with Gasteiger partial charge in [0.25, 0.3) is 0 Å².